The van der Waals surface area contributed by atoms with Gasteiger partial charge in [-0.1, -0.05) is 48.0 Å². The van der Waals surface area contributed by atoms with Crippen molar-refractivity contribution < 1.29 is 27.6 Å². The molecule has 10 heteroatoms. The van der Waals surface area contributed by atoms with E-state index in [9.17, 15) is 27.6 Å². The van der Waals surface area contributed by atoms with Gasteiger partial charge >= 0.3 is 6.18 Å². The van der Waals surface area contributed by atoms with E-state index in [1.807, 2.05) is 0 Å². The van der Waals surface area contributed by atoms with Gasteiger partial charge in [-0.2, -0.15) is 13.2 Å². The fraction of sp³-hybridized carbons (Fsp3) is 0.0800. The molecule has 3 aromatic rings. The van der Waals surface area contributed by atoms with Crippen LogP contribution in [0.1, 0.15) is 27.0 Å². The second kappa shape index (κ2) is 9.97. The van der Waals surface area contributed by atoms with Crippen LogP contribution in [0.15, 0.2) is 77.7 Å². The molecular weight excluding hydrogens is 501 g/mol. The standard InChI is InChI=1S/C25H16ClF3N2O3S/c26-20-7-2-1-4-17(20)12-21-23(33)31(24(34)35-21)14-15-8-10-16(11-9-15)22(32)30-19-6-3-5-18(13-19)25(27,28)29/h1-13H,14H2,(H,30,32)/b21-12-. The quantitative estimate of drug-likeness (QED) is 0.377. The molecule has 0 aromatic heterocycles. The summed E-state index contributed by atoms with van der Waals surface area (Å²) in [6.45, 7) is 0.0000550. The van der Waals surface area contributed by atoms with Crippen LogP contribution in [0.3, 0.4) is 0 Å². The maximum absolute atomic E-state index is 12.9. The van der Waals surface area contributed by atoms with E-state index in [0.29, 0.717) is 16.1 Å². The first-order chi connectivity index (χ1) is 16.6. The maximum Gasteiger partial charge on any atom is 0.416 e. The summed E-state index contributed by atoms with van der Waals surface area (Å²) in [4.78, 5) is 38.9. The SMILES string of the molecule is O=C(Nc1cccc(C(F)(F)F)c1)c1ccc(CN2C(=O)S/C(=C\c3ccccc3Cl)C2=O)cc1. The first-order valence-electron chi connectivity index (χ1n) is 10.2. The van der Waals surface area contributed by atoms with Gasteiger partial charge in [0.25, 0.3) is 17.1 Å². The van der Waals surface area contributed by atoms with E-state index < -0.39 is 28.8 Å². The van der Waals surface area contributed by atoms with Gasteiger partial charge in [0.2, 0.25) is 0 Å². The molecule has 1 N–H and O–H groups in total. The Kier molecular flexibility index (Phi) is 7.00. The van der Waals surface area contributed by atoms with Gasteiger partial charge in [0, 0.05) is 16.3 Å². The molecule has 1 aliphatic heterocycles. The van der Waals surface area contributed by atoms with E-state index in [0.717, 1.165) is 28.8 Å². The molecule has 35 heavy (non-hydrogen) atoms. The number of amides is 3. The summed E-state index contributed by atoms with van der Waals surface area (Å²) < 4.78 is 38.6. The Balaban J connectivity index is 1.43. The molecule has 1 aliphatic rings. The molecule has 0 atom stereocenters. The molecule has 3 amide bonds. The van der Waals surface area contributed by atoms with Crippen LogP contribution in [0.5, 0.6) is 0 Å². The Bertz CT molecular complexity index is 1340. The van der Waals surface area contributed by atoms with Crippen LogP contribution in [-0.4, -0.2) is 22.0 Å². The zero-order chi connectivity index (χ0) is 25.2. The molecule has 0 saturated carbocycles. The number of benzene rings is 3. The summed E-state index contributed by atoms with van der Waals surface area (Å²) in [7, 11) is 0. The number of halogens is 4. The monoisotopic (exact) mass is 516 g/mol. The minimum absolute atomic E-state index is 0.0000550. The second-order valence-corrected chi connectivity index (χ2v) is 8.92. The Morgan fingerprint density at radius 2 is 1.71 bits per heavy atom. The summed E-state index contributed by atoms with van der Waals surface area (Å²) in [6, 6.07) is 17.4. The van der Waals surface area contributed by atoms with Crippen LogP contribution in [0.4, 0.5) is 23.7 Å². The van der Waals surface area contributed by atoms with Crippen molar-refractivity contribution in [3.63, 3.8) is 0 Å². The zero-order valence-corrected chi connectivity index (χ0v) is 19.4. The highest BCUT2D eigenvalue weighted by atomic mass is 35.5. The van der Waals surface area contributed by atoms with Crippen LogP contribution < -0.4 is 5.32 Å². The molecule has 0 spiro atoms. The molecule has 5 nitrogen and oxygen atoms in total. The van der Waals surface area contributed by atoms with Gasteiger partial charge in [0.15, 0.2) is 0 Å². The van der Waals surface area contributed by atoms with E-state index in [1.165, 1.54) is 24.3 Å². The van der Waals surface area contributed by atoms with E-state index in [-0.39, 0.29) is 22.7 Å². The first-order valence-corrected chi connectivity index (χ1v) is 11.4. The summed E-state index contributed by atoms with van der Waals surface area (Å²) in [6.07, 6.45) is -2.96. The number of hydrogen-bond acceptors (Lipinski definition) is 4. The molecule has 1 fully saturated rings. The normalized spacial score (nSPS) is 15.1. The molecule has 178 valence electrons. The zero-order valence-electron chi connectivity index (χ0n) is 17.8. The average molecular weight is 517 g/mol. The Hall–Kier alpha value is -3.56. The van der Waals surface area contributed by atoms with Crippen molar-refractivity contribution in [1.29, 1.82) is 0 Å². The maximum atomic E-state index is 12.9. The van der Waals surface area contributed by atoms with Gasteiger partial charge in [0.05, 0.1) is 17.0 Å². The van der Waals surface area contributed by atoms with Crippen molar-refractivity contribution in [1.82, 2.24) is 4.90 Å². The summed E-state index contributed by atoms with van der Waals surface area (Å²) in [5.41, 5.74) is 0.570. The Morgan fingerprint density at radius 3 is 2.40 bits per heavy atom. The van der Waals surface area contributed by atoms with Gasteiger partial charge < -0.3 is 5.32 Å². The van der Waals surface area contributed by atoms with E-state index in [1.54, 1.807) is 42.5 Å². The van der Waals surface area contributed by atoms with E-state index >= 15 is 0 Å². The van der Waals surface area contributed by atoms with Gasteiger partial charge in [-0.15, -0.1) is 0 Å². The number of nitrogens with zero attached hydrogens (tertiary/aromatic N) is 1. The number of imide groups is 1. The summed E-state index contributed by atoms with van der Waals surface area (Å²) in [5.74, 6) is -1.05. The minimum Gasteiger partial charge on any atom is -0.322 e. The topological polar surface area (TPSA) is 66.5 Å². The third-order valence-electron chi connectivity index (χ3n) is 5.07. The van der Waals surface area contributed by atoms with Crippen molar-refractivity contribution >= 4 is 52.2 Å². The predicted molar refractivity (Wildman–Crippen MR) is 129 cm³/mol. The van der Waals surface area contributed by atoms with Crippen LogP contribution >= 0.6 is 23.4 Å². The number of anilines is 1. The lowest BCUT2D eigenvalue weighted by molar-refractivity contribution is -0.137. The van der Waals surface area contributed by atoms with Gasteiger partial charge in [-0.3, -0.25) is 19.3 Å². The van der Waals surface area contributed by atoms with Crippen molar-refractivity contribution in [3.05, 3.63) is 105 Å². The number of nitrogens with one attached hydrogen (secondary N) is 1. The van der Waals surface area contributed by atoms with Crippen LogP contribution in [0, 0.1) is 0 Å². The number of alkyl halides is 3. The highest BCUT2D eigenvalue weighted by molar-refractivity contribution is 8.18. The molecule has 0 unspecified atom stereocenters. The van der Waals surface area contributed by atoms with Crippen LogP contribution in [-0.2, 0) is 17.5 Å². The second-order valence-electron chi connectivity index (χ2n) is 7.52. The summed E-state index contributed by atoms with van der Waals surface area (Å²) in [5, 5.41) is 2.46. The largest absolute Gasteiger partial charge is 0.416 e. The molecule has 0 bridgehead atoms. The van der Waals surface area contributed by atoms with Gasteiger partial charge in [-0.25, -0.2) is 0 Å². The fourth-order valence-corrected chi connectivity index (χ4v) is 4.31. The highest BCUT2D eigenvalue weighted by Crippen LogP contribution is 2.34. The van der Waals surface area contributed by atoms with Gasteiger partial charge in [0.1, 0.15) is 0 Å². The number of thioether (sulfide) groups is 1. The third kappa shape index (κ3) is 5.75. The first kappa shape index (κ1) is 24.6. The number of carbonyl (C=O) groups excluding carboxylic acids is 3. The Morgan fingerprint density at radius 1 is 1.00 bits per heavy atom. The number of rotatable bonds is 5. The van der Waals surface area contributed by atoms with Crippen LogP contribution in [0.25, 0.3) is 6.08 Å². The lowest BCUT2D eigenvalue weighted by Gasteiger charge is -2.13. The van der Waals surface area contributed by atoms with Crippen molar-refractivity contribution in [2.45, 2.75) is 12.7 Å². The lowest BCUT2D eigenvalue weighted by atomic mass is 10.1. The minimum atomic E-state index is -4.52. The molecule has 1 saturated heterocycles. The predicted octanol–water partition coefficient (Wildman–Crippen LogP) is 6.85. The van der Waals surface area contributed by atoms with E-state index in [4.69, 9.17) is 11.6 Å². The summed E-state index contributed by atoms with van der Waals surface area (Å²) >= 11 is 6.94. The molecule has 0 radical (unpaired) electrons. The third-order valence-corrected chi connectivity index (χ3v) is 6.32. The number of hydrogen-bond donors (Lipinski definition) is 1. The highest BCUT2D eigenvalue weighted by Gasteiger charge is 2.35. The van der Waals surface area contributed by atoms with Crippen molar-refractivity contribution in [3.8, 4) is 0 Å². The lowest BCUT2D eigenvalue weighted by Crippen LogP contribution is -2.27. The smallest absolute Gasteiger partial charge is 0.322 e. The van der Waals surface area contributed by atoms with Gasteiger partial charge in [-0.05, 0) is 65.4 Å². The molecule has 4 rings (SSSR count). The Labute approximate surface area is 207 Å². The van der Waals surface area contributed by atoms with Crippen LogP contribution in [0.2, 0.25) is 5.02 Å². The molecule has 3 aromatic carbocycles. The molecule has 0 aliphatic carbocycles. The molecular formula is C25H16ClF3N2O3S. The van der Waals surface area contributed by atoms with E-state index in [2.05, 4.69) is 5.32 Å². The van der Waals surface area contributed by atoms with Crippen molar-refractivity contribution in [2.24, 2.45) is 0 Å². The van der Waals surface area contributed by atoms with Crippen molar-refractivity contribution in [2.75, 3.05) is 5.32 Å². The number of carbonyl (C=O) groups is 3. The fourth-order valence-electron chi connectivity index (χ4n) is 3.29. The average Bonchev–Trinajstić information content (AvgIpc) is 3.08. The molecule has 1 heterocycles.